The van der Waals surface area contributed by atoms with Gasteiger partial charge in [0.15, 0.2) is 5.69 Å². The molecule has 0 aliphatic carbocycles. The van der Waals surface area contributed by atoms with Crippen molar-refractivity contribution in [1.82, 2.24) is 20.1 Å². The largest absolute Gasteiger partial charge is 0.478 e. The van der Waals surface area contributed by atoms with E-state index in [1.807, 2.05) is 38.1 Å². The maximum absolute atomic E-state index is 12.5. The lowest BCUT2D eigenvalue weighted by atomic mass is 10.2. The molecular weight excluding hydrogens is 344 g/mol. The van der Waals surface area contributed by atoms with E-state index in [-0.39, 0.29) is 18.1 Å². The van der Waals surface area contributed by atoms with Crippen LogP contribution in [0.3, 0.4) is 0 Å². The second-order valence-electron chi connectivity index (χ2n) is 5.91. The molecule has 0 bridgehead atoms. The Morgan fingerprint density at radius 2 is 1.85 bits per heavy atom. The van der Waals surface area contributed by atoms with Crippen molar-refractivity contribution in [2.24, 2.45) is 0 Å². The molecule has 1 N–H and O–H groups in total. The zero-order chi connectivity index (χ0) is 19.2. The molecule has 138 valence electrons. The van der Waals surface area contributed by atoms with E-state index in [0.29, 0.717) is 12.3 Å². The quantitative estimate of drug-likeness (QED) is 0.725. The van der Waals surface area contributed by atoms with E-state index in [2.05, 4.69) is 15.4 Å². The van der Waals surface area contributed by atoms with Crippen molar-refractivity contribution in [1.29, 1.82) is 0 Å². The molecule has 0 aliphatic rings. The van der Waals surface area contributed by atoms with Gasteiger partial charge in [-0.15, -0.1) is 0 Å². The highest BCUT2D eigenvalue weighted by atomic mass is 16.5. The Labute approximate surface area is 156 Å². The molecule has 2 heterocycles. The SMILES string of the molecule is CCOc1cc(=O)c(C(=O)NCc2ccncc2)nn1-c1ccc(C)cc1. The minimum Gasteiger partial charge on any atom is -0.478 e. The topological polar surface area (TPSA) is 86.1 Å². The van der Waals surface area contributed by atoms with Gasteiger partial charge in [-0.3, -0.25) is 14.6 Å². The monoisotopic (exact) mass is 364 g/mol. The third-order valence-corrected chi connectivity index (χ3v) is 3.88. The number of hydrogen-bond donors (Lipinski definition) is 1. The van der Waals surface area contributed by atoms with Crippen molar-refractivity contribution in [3.63, 3.8) is 0 Å². The molecule has 3 aromatic rings. The molecule has 0 fully saturated rings. The van der Waals surface area contributed by atoms with Crippen molar-refractivity contribution < 1.29 is 9.53 Å². The number of amides is 1. The van der Waals surface area contributed by atoms with Crippen LogP contribution in [0.2, 0.25) is 0 Å². The molecule has 7 nitrogen and oxygen atoms in total. The summed E-state index contributed by atoms with van der Waals surface area (Å²) >= 11 is 0. The van der Waals surface area contributed by atoms with Gasteiger partial charge < -0.3 is 10.1 Å². The Hall–Kier alpha value is -3.48. The third-order valence-electron chi connectivity index (χ3n) is 3.88. The molecule has 1 aromatic carbocycles. The van der Waals surface area contributed by atoms with Crippen LogP contribution < -0.4 is 15.5 Å². The first kappa shape index (κ1) is 18.3. The van der Waals surface area contributed by atoms with Crippen LogP contribution in [0.25, 0.3) is 5.69 Å². The summed E-state index contributed by atoms with van der Waals surface area (Å²) in [7, 11) is 0. The molecule has 0 atom stereocenters. The van der Waals surface area contributed by atoms with Gasteiger partial charge in [-0.2, -0.15) is 5.10 Å². The number of hydrogen-bond acceptors (Lipinski definition) is 5. The number of aryl methyl sites for hydroxylation is 1. The number of carbonyl (C=O) groups excluding carboxylic acids is 1. The Kier molecular flexibility index (Phi) is 5.61. The van der Waals surface area contributed by atoms with Gasteiger partial charge in [0, 0.05) is 18.9 Å². The van der Waals surface area contributed by atoms with E-state index < -0.39 is 11.3 Å². The number of carbonyl (C=O) groups is 1. The summed E-state index contributed by atoms with van der Waals surface area (Å²) in [5.74, 6) is -0.252. The van der Waals surface area contributed by atoms with Crippen molar-refractivity contribution in [3.8, 4) is 11.6 Å². The van der Waals surface area contributed by atoms with Gasteiger partial charge in [0.25, 0.3) is 5.91 Å². The van der Waals surface area contributed by atoms with Gasteiger partial charge in [-0.05, 0) is 43.7 Å². The van der Waals surface area contributed by atoms with Gasteiger partial charge in [0.2, 0.25) is 11.3 Å². The molecule has 2 aromatic heterocycles. The Bertz CT molecular complexity index is 982. The van der Waals surface area contributed by atoms with Crippen molar-refractivity contribution >= 4 is 5.91 Å². The highest BCUT2D eigenvalue weighted by Gasteiger charge is 2.17. The van der Waals surface area contributed by atoms with E-state index in [0.717, 1.165) is 11.1 Å². The Morgan fingerprint density at radius 1 is 1.15 bits per heavy atom. The van der Waals surface area contributed by atoms with Crippen LogP contribution in [-0.4, -0.2) is 27.3 Å². The predicted octanol–water partition coefficient (Wildman–Crippen LogP) is 2.26. The third kappa shape index (κ3) is 4.38. The fraction of sp³-hybridized carbons (Fsp3) is 0.200. The maximum Gasteiger partial charge on any atom is 0.276 e. The van der Waals surface area contributed by atoms with Gasteiger partial charge in [0.05, 0.1) is 18.4 Å². The van der Waals surface area contributed by atoms with Crippen LogP contribution in [0.1, 0.15) is 28.5 Å². The highest BCUT2D eigenvalue weighted by molar-refractivity contribution is 5.92. The van der Waals surface area contributed by atoms with E-state index in [4.69, 9.17) is 4.74 Å². The highest BCUT2D eigenvalue weighted by Crippen LogP contribution is 2.16. The molecule has 0 radical (unpaired) electrons. The summed E-state index contributed by atoms with van der Waals surface area (Å²) in [6.45, 7) is 4.45. The molecule has 27 heavy (non-hydrogen) atoms. The second-order valence-corrected chi connectivity index (χ2v) is 5.91. The summed E-state index contributed by atoms with van der Waals surface area (Å²) in [6.07, 6.45) is 3.28. The molecule has 0 spiro atoms. The van der Waals surface area contributed by atoms with Gasteiger partial charge in [0.1, 0.15) is 0 Å². The number of ether oxygens (including phenoxy) is 1. The van der Waals surface area contributed by atoms with E-state index in [9.17, 15) is 9.59 Å². The number of pyridine rings is 1. The second kappa shape index (κ2) is 8.27. The standard InChI is InChI=1S/C20H20N4O3/c1-3-27-18-12-17(25)19(20(26)22-13-15-8-10-21-11-9-15)23-24(18)16-6-4-14(2)5-7-16/h4-12H,3,13H2,1-2H3,(H,22,26). The van der Waals surface area contributed by atoms with Gasteiger partial charge in [-0.25, -0.2) is 4.68 Å². The molecule has 0 saturated heterocycles. The Balaban J connectivity index is 1.93. The zero-order valence-electron chi connectivity index (χ0n) is 15.2. The first-order valence-electron chi connectivity index (χ1n) is 8.60. The fourth-order valence-electron chi connectivity index (χ4n) is 2.49. The zero-order valence-corrected chi connectivity index (χ0v) is 15.2. The summed E-state index contributed by atoms with van der Waals surface area (Å²) in [5.41, 5.74) is 1.99. The average molecular weight is 364 g/mol. The normalized spacial score (nSPS) is 10.4. The average Bonchev–Trinajstić information content (AvgIpc) is 2.68. The van der Waals surface area contributed by atoms with Crippen molar-refractivity contribution in [2.45, 2.75) is 20.4 Å². The number of aromatic nitrogens is 3. The lowest BCUT2D eigenvalue weighted by Gasteiger charge is -2.14. The Morgan fingerprint density at radius 3 is 2.52 bits per heavy atom. The molecule has 3 rings (SSSR count). The molecule has 7 heteroatoms. The maximum atomic E-state index is 12.5. The number of benzene rings is 1. The number of nitrogens with zero attached hydrogens (tertiary/aromatic N) is 3. The van der Waals surface area contributed by atoms with E-state index >= 15 is 0 Å². The first-order chi connectivity index (χ1) is 13.1. The van der Waals surface area contributed by atoms with Crippen LogP contribution in [0, 0.1) is 6.92 Å². The summed E-state index contributed by atoms with van der Waals surface area (Å²) < 4.78 is 6.99. The summed E-state index contributed by atoms with van der Waals surface area (Å²) in [5, 5.41) is 6.97. The summed E-state index contributed by atoms with van der Waals surface area (Å²) in [6, 6.07) is 12.4. The van der Waals surface area contributed by atoms with Gasteiger partial charge >= 0.3 is 0 Å². The summed E-state index contributed by atoms with van der Waals surface area (Å²) in [4.78, 5) is 28.8. The molecule has 0 unspecified atom stereocenters. The first-order valence-corrected chi connectivity index (χ1v) is 8.60. The minimum atomic E-state index is -0.541. The van der Waals surface area contributed by atoms with Crippen LogP contribution in [-0.2, 0) is 6.54 Å². The lowest BCUT2D eigenvalue weighted by molar-refractivity contribution is 0.0942. The van der Waals surface area contributed by atoms with Crippen LogP contribution in [0.4, 0.5) is 0 Å². The molecule has 0 aliphatic heterocycles. The number of nitrogens with one attached hydrogen (secondary N) is 1. The molecular formula is C20H20N4O3. The smallest absolute Gasteiger partial charge is 0.276 e. The van der Waals surface area contributed by atoms with Crippen molar-refractivity contribution in [3.05, 3.63) is 81.9 Å². The fourth-order valence-corrected chi connectivity index (χ4v) is 2.49. The van der Waals surface area contributed by atoms with Gasteiger partial charge in [-0.1, -0.05) is 17.7 Å². The van der Waals surface area contributed by atoms with Crippen LogP contribution >= 0.6 is 0 Å². The van der Waals surface area contributed by atoms with E-state index in [1.54, 1.807) is 24.5 Å². The van der Waals surface area contributed by atoms with Crippen LogP contribution in [0.5, 0.6) is 5.88 Å². The molecule has 1 amide bonds. The van der Waals surface area contributed by atoms with Crippen molar-refractivity contribution in [2.75, 3.05) is 6.61 Å². The van der Waals surface area contributed by atoms with E-state index in [1.165, 1.54) is 10.7 Å². The molecule has 0 saturated carbocycles. The number of rotatable bonds is 6. The lowest BCUT2D eigenvalue weighted by Crippen LogP contribution is -2.31. The predicted molar refractivity (Wildman–Crippen MR) is 101 cm³/mol. The van der Waals surface area contributed by atoms with Crippen LogP contribution in [0.15, 0.2) is 59.7 Å². The minimum absolute atomic E-state index is 0.187.